The Kier molecular flexibility index (Phi) is 8.08. The average Bonchev–Trinajstić information content (AvgIpc) is 2.82. The first kappa shape index (κ1) is 29.0. The Hall–Kier alpha value is -2.55. The van der Waals surface area contributed by atoms with Crippen molar-refractivity contribution in [2.45, 2.75) is 43.8 Å². The van der Waals surface area contributed by atoms with Crippen molar-refractivity contribution in [1.29, 1.82) is 0 Å². The van der Waals surface area contributed by atoms with Crippen LogP contribution in [-0.4, -0.2) is 32.1 Å². The van der Waals surface area contributed by atoms with Crippen molar-refractivity contribution in [3.63, 3.8) is 0 Å². The van der Waals surface area contributed by atoms with Crippen molar-refractivity contribution >= 4 is 12.4 Å². The molecule has 9 heteroatoms. The molecule has 0 saturated carbocycles. The van der Waals surface area contributed by atoms with E-state index < -0.39 is 29.1 Å². The molecule has 3 aromatic carbocycles. The Morgan fingerprint density at radius 2 is 1.24 bits per heavy atom. The van der Waals surface area contributed by atoms with Crippen LogP contribution in [0.1, 0.15) is 35.6 Å². The zero-order chi connectivity index (χ0) is 26.5. The van der Waals surface area contributed by atoms with Gasteiger partial charge in [-0.1, -0.05) is 42.5 Å². The van der Waals surface area contributed by atoms with Crippen molar-refractivity contribution in [1.82, 2.24) is 4.90 Å². The zero-order valence-corrected chi connectivity index (χ0v) is 21.6. The highest BCUT2D eigenvalue weighted by Crippen LogP contribution is 2.42. The number of aryl methyl sites for hydroxylation is 1. The van der Waals surface area contributed by atoms with Crippen LogP contribution in [0.25, 0.3) is 22.3 Å². The van der Waals surface area contributed by atoms with Crippen LogP contribution in [0.5, 0.6) is 0 Å². The molecule has 0 aliphatic heterocycles. The molecule has 0 N–H and O–H groups in total. The van der Waals surface area contributed by atoms with Crippen LogP contribution in [0.2, 0.25) is 0 Å². The van der Waals surface area contributed by atoms with Gasteiger partial charge in [-0.15, -0.1) is 12.4 Å². The first-order valence-electron chi connectivity index (χ1n) is 11.5. The molecule has 37 heavy (non-hydrogen) atoms. The Morgan fingerprint density at radius 3 is 1.70 bits per heavy atom. The third-order valence-electron chi connectivity index (χ3n) is 7.15. The van der Waals surface area contributed by atoms with Crippen LogP contribution in [0.3, 0.4) is 0 Å². The molecule has 0 saturated heterocycles. The summed E-state index contributed by atoms with van der Waals surface area (Å²) in [6, 6.07) is 14.5. The largest absolute Gasteiger partial charge is 0.416 e. The number of alkyl halides is 6. The number of nitrogens with zero attached hydrogens (tertiary/aromatic N) is 1. The van der Waals surface area contributed by atoms with Crippen molar-refractivity contribution in [2.24, 2.45) is 0 Å². The van der Waals surface area contributed by atoms with Gasteiger partial charge in [-0.05, 0) is 85.4 Å². The van der Waals surface area contributed by atoms with E-state index in [9.17, 15) is 26.3 Å². The number of ether oxygens (including phenoxy) is 1. The van der Waals surface area contributed by atoms with Gasteiger partial charge in [-0.3, -0.25) is 0 Å². The molecule has 0 spiro atoms. The maximum Gasteiger partial charge on any atom is 0.416 e. The maximum absolute atomic E-state index is 13.2. The Morgan fingerprint density at radius 1 is 0.757 bits per heavy atom. The van der Waals surface area contributed by atoms with Crippen LogP contribution in [0.15, 0.2) is 60.7 Å². The van der Waals surface area contributed by atoms with Gasteiger partial charge in [0, 0.05) is 13.2 Å². The highest BCUT2D eigenvalue weighted by atomic mass is 35.5. The molecule has 2 nitrogen and oxygen atoms in total. The van der Waals surface area contributed by atoms with E-state index in [4.69, 9.17) is 4.74 Å². The average molecular weight is 544 g/mol. The molecule has 0 bridgehead atoms. The minimum Gasteiger partial charge on any atom is -0.372 e. The number of likely N-dealkylation sites (N-methyl/N-ethyl adjacent to an activating group) is 1. The number of hydrogen-bond acceptors (Lipinski definition) is 2. The fraction of sp³-hybridized carbons (Fsp3) is 0.357. The van der Waals surface area contributed by atoms with Crippen LogP contribution in [-0.2, 0) is 29.1 Å². The molecule has 4 rings (SSSR count). The van der Waals surface area contributed by atoms with Crippen LogP contribution in [0, 0.1) is 0 Å². The topological polar surface area (TPSA) is 12.5 Å². The van der Waals surface area contributed by atoms with E-state index >= 15 is 0 Å². The first-order chi connectivity index (χ1) is 16.7. The van der Waals surface area contributed by atoms with Crippen molar-refractivity contribution in [2.75, 3.05) is 21.2 Å². The quantitative estimate of drug-likeness (QED) is 0.307. The lowest BCUT2D eigenvalue weighted by Gasteiger charge is -2.45. The summed E-state index contributed by atoms with van der Waals surface area (Å²) in [5.41, 5.74) is 1.01. The van der Waals surface area contributed by atoms with Crippen molar-refractivity contribution in [3.8, 4) is 22.3 Å². The minimum atomic E-state index is -4.89. The molecule has 0 radical (unpaired) electrons. The predicted molar refractivity (Wildman–Crippen MR) is 135 cm³/mol. The van der Waals surface area contributed by atoms with Gasteiger partial charge in [0.15, 0.2) is 0 Å². The summed E-state index contributed by atoms with van der Waals surface area (Å²) in [6.07, 6.45) is -7.99. The molecule has 1 aliphatic rings. The maximum atomic E-state index is 13.2. The van der Waals surface area contributed by atoms with E-state index in [1.54, 1.807) is 31.4 Å². The van der Waals surface area contributed by atoms with Gasteiger partial charge in [0.05, 0.1) is 11.1 Å². The van der Waals surface area contributed by atoms with E-state index in [1.165, 1.54) is 0 Å². The van der Waals surface area contributed by atoms with Gasteiger partial charge >= 0.3 is 12.4 Å². The van der Waals surface area contributed by atoms with Gasteiger partial charge in [0.25, 0.3) is 0 Å². The van der Waals surface area contributed by atoms with Gasteiger partial charge in [0.2, 0.25) is 0 Å². The smallest absolute Gasteiger partial charge is 0.372 e. The number of benzene rings is 3. The van der Waals surface area contributed by atoms with Gasteiger partial charge < -0.3 is 9.64 Å². The summed E-state index contributed by atoms with van der Waals surface area (Å²) in [7, 11) is 5.77. The Labute approximate surface area is 218 Å². The third-order valence-corrected chi connectivity index (χ3v) is 7.15. The van der Waals surface area contributed by atoms with E-state index in [0.29, 0.717) is 0 Å². The lowest BCUT2D eigenvalue weighted by atomic mass is 9.75. The standard InChI is InChI=1S/C28H27F6NO.ClH/c1-26(36-4)24-11-9-19(13-20(24)10-12-25(26)35(2)3)17-5-7-18(8-6-17)21-14-22(27(29,30)31)16-23(15-21)28(32,33)34;/h5-9,11,13-16,25H,10,12H2,1-4H3;1H. The molecular formula is C28H28ClF6NO. The number of methoxy groups -OCH3 is 1. The molecule has 2 unspecified atom stereocenters. The summed E-state index contributed by atoms with van der Waals surface area (Å²) >= 11 is 0. The lowest BCUT2D eigenvalue weighted by molar-refractivity contribution is -0.143. The molecule has 1 aliphatic carbocycles. The molecule has 0 aromatic heterocycles. The third kappa shape index (κ3) is 5.66. The molecule has 2 atom stereocenters. The van der Waals surface area contributed by atoms with Crippen molar-refractivity contribution in [3.05, 3.63) is 82.9 Å². The molecule has 3 aromatic rings. The van der Waals surface area contributed by atoms with E-state index in [2.05, 4.69) is 17.9 Å². The molecule has 0 amide bonds. The molecule has 0 fully saturated rings. The monoisotopic (exact) mass is 543 g/mol. The van der Waals surface area contributed by atoms with Crippen LogP contribution in [0.4, 0.5) is 26.3 Å². The normalized spacial score (nSPS) is 19.9. The summed E-state index contributed by atoms with van der Waals surface area (Å²) in [6.45, 7) is 2.08. The van der Waals surface area contributed by atoms with E-state index in [1.807, 2.05) is 26.2 Å². The summed E-state index contributed by atoms with van der Waals surface area (Å²) in [4.78, 5) is 2.16. The summed E-state index contributed by atoms with van der Waals surface area (Å²) in [5, 5.41) is 0. The lowest BCUT2D eigenvalue weighted by Crippen LogP contribution is -2.50. The zero-order valence-electron chi connectivity index (χ0n) is 20.8. The molecule has 0 heterocycles. The van der Waals surface area contributed by atoms with Crippen molar-refractivity contribution < 1.29 is 31.1 Å². The second-order valence-corrected chi connectivity index (χ2v) is 9.57. The SMILES string of the molecule is COC1(C)c2ccc(-c3ccc(-c4cc(C(F)(F)F)cc(C(F)(F)F)c4)cc3)cc2CCC1N(C)C.Cl. The minimum absolute atomic E-state index is 0. The first-order valence-corrected chi connectivity index (χ1v) is 11.5. The summed E-state index contributed by atoms with van der Waals surface area (Å²) < 4.78 is 85.4. The second-order valence-electron chi connectivity index (χ2n) is 9.57. The van der Waals surface area contributed by atoms with Gasteiger partial charge in [-0.25, -0.2) is 0 Å². The highest BCUT2D eigenvalue weighted by molar-refractivity contribution is 5.85. The Bertz CT molecular complexity index is 1220. The summed E-state index contributed by atoms with van der Waals surface area (Å²) in [5.74, 6) is 0. The van der Waals surface area contributed by atoms with Gasteiger partial charge in [-0.2, -0.15) is 26.3 Å². The molecule has 200 valence electrons. The van der Waals surface area contributed by atoms with Gasteiger partial charge in [0.1, 0.15) is 5.60 Å². The fourth-order valence-corrected chi connectivity index (χ4v) is 5.19. The van der Waals surface area contributed by atoms with Crippen LogP contribution >= 0.6 is 12.4 Å². The predicted octanol–water partition coefficient (Wildman–Crippen LogP) is 8.22. The Balaban J connectivity index is 0.00000380. The number of fused-ring (bicyclic) bond motifs is 1. The number of hydrogen-bond donors (Lipinski definition) is 0. The molecular weight excluding hydrogens is 516 g/mol. The second kappa shape index (κ2) is 10.3. The highest BCUT2D eigenvalue weighted by Gasteiger charge is 2.42. The van der Waals surface area contributed by atoms with E-state index in [0.717, 1.165) is 47.2 Å². The number of rotatable bonds is 4. The number of halogens is 7. The van der Waals surface area contributed by atoms with Crippen LogP contribution < -0.4 is 0 Å². The fourth-order valence-electron chi connectivity index (χ4n) is 5.19. The van der Waals surface area contributed by atoms with E-state index in [-0.39, 0.29) is 35.6 Å².